The van der Waals surface area contributed by atoms with Crippen LogP contribution in [-0.4, -0.2) is 47.6 Å². The van der Waals surface area contributed by atoms with Crippen molar-refractivity contribution in [2.45, 2.75) is 32.4 Å². The highest BCUT2D eigenvalue weighted by Gasteiger charge is 2.26. The third-order valence-corrected chi connectivity index (χ3v) is 6.41. The van der Waals surface area contributed by atoms with Crippen LogP contribution in [-0.2, 0) is 9.53 Å². The Hall–Kier alpha value is -3.07. The molecule has 1 saturated heterocycles. The maximum absolute atomic E-state index is 13.2. The zero-order valence-electron chi connectivity index (χ0n) is 20.1. The zero-order valence-corrected chi connectivity index (χ0v) is 21.6. The average molecular weight is 530 g/mol. The predicted octanol–water partition coefficient (Wildman–Crippen LogP) is 4.83. The van der Waals surface area contributed by atoms with Crippen LogP contribution in [0, 0.1) is 5.92 Å². The van der Waals surface area contributed by atoms with Gasteiger partial charge in [0.05, 0.1) is 17.0 Å². The van der Waals surface area contributed by atoms with Crippen LogP contribution in [0.15, 0.2) is 48.8 Å². The second-order valence-electron chi connectivity index (χ2n) is 9.05. The highest BCUT2D eigenvalue weighted by molar-refractivity contribution is 6.33. The molecule has 2 atom stereocenters. The molecular weight excluding hydrogens is 501 g/mol. The monoisotopic (exact) mass is 529 g/mol. The van der Waals surface area contributed by atoms with Crippen molar-refractivity contribution in [3.63, 3.8) is 0 Å². The second-order valence-corrected chi connectivity index (χ2v) is 9.89. The van der Waals surface area contributed by atoms with Gasteiger partial charge in [0.15, 0.2) is 0 Å². The Kier molecular flexibility index (Phi) is 8.51. The molecule has 1 aliphatic heterocycles. The van der Waals surface area contributed by atoms with E-state index in [1.807, 2.05) is 26.0 Å². The molecule has 36 heavy (non-hydrogen) atoms. The third kappa shape index (κ3) is 6.57. The number of nitrogens with one attached hydrogen (secondary N) is 4. The summed E-state index contributed by atoms with van der Waals surface area (Å²) in [5, 5.41) is 10.4. The summed E-state index contributed by atoms with van der Waals surface area (Å²) in [5.41, 5.74) is 2.57. The minimum absolute atomic E-state index is 0.00457. The molecule has 0 bridgehead atoms. The van der Waals surface area contributed by atoms with Crippen molar-refractivity contribution < 1.29 is 14.3 Å². The number of carbonyl (C=O) groups excluding carboxylic acids is 2. The fourth-order valence-electron chi connectivity index (χ4n) is 4.04. The molecule has 190 valence electrons. The summed E-state index contributed by atoms with van der Waals surface area (Å²) < 4.78 is 5.58. The largest absolute Gasteiger partial charge is 0.463 e. The molecule has 0 radical (unpaired) electrons. The van der Waals surface area contributed by atoms with Gasteiger partial charge < -0.3 is 25.7 Å². The van der Waals surface area contributed by atoms with Gasteiger partial charge in [-0.3, -0.25) is 9.59 Å². The Balaban J connectivity index is 1.50. The lowest BCUT2D eigenvalue weighted by atomic mass is 10.1. The number of esters is 1. The molecule has 1 aliphatic rings. The molecule has 0 saturated carbocycles. The van der Waals surface area contributed by atoms with Crippen LogP contribution in [0.2, 0.25) is 10.0 Å². The van der Waals surface area contributed by atoms with Gasteiger partial charge in [0.25, 0.3) is 5.91 Å². The molecule has 1 aromatic carbocycles. The van der Waals surface area contributed by atoms with Crippen molar-refractivity contribution in [1.82, 2.24) is 20.6 Å². The molecule has 3 aromatic rings. The van der Waals surface area contributed by atoms with Gasteiger partial charge >= 0.3 is 5.97 Å². The van der Waals surface area contributed by atoms with Crippen LogP contribution in [0.3, 0.4) is 0 Å². The van der Waals surface area contributed by atoms with E-state index in [1.165, 1.54) is 0 Å². The van der Waals surface area contributed by atoms with Crippen molar-refractivity contribution >= 4 is 40.9 Å². The molecular formula is C26H29Cl2N5O3. The number of H-pyrrole nitrogens is 1. The summed E-state index contributed by atoms with van der Waals surface area (Å²) in [4.78, 5) is 32.9. The summed E-state index contributed by atoms with van der Waals surface area (Å²) in [6, 6.07) is 10.3. The predicted molar refractivity (Wildman–Crippen MR) is 141 cm³/mol. The van der Waals surface area contributed by atoms with Crippen molar-refractivity contribution in [2.24, 2.45) is 5.92 Å². The lowest BCUT2D eigenvalue weighted by Crippen LogP contribution is -2.33. The van der Waals surface area contributed by atoms with Gasteiger partial charge in [-0.1, -0.05) is 35.3 Å². The highest BCUT2D eigenvalue weighted by Crippen LogP contribution is 2.30. The number of ether oxygens (including phenoxy) is 1. The molecule has 4 N–H and O–H groups in total. The average Bonchev–Trinajstić information content (AvgIpc) is 3.55. The normalized spacial score (nSPS) is 16.1. The van der Waals surface area contributed by atoms with E-state index in [0.717, 1.165) is 29.7 Å². The van der Waals surface area contributed by atoms with E-state index in [1.54, 1.807) is 36.7 Å². The van der Waals surface area contributed by atoms with Crippen molar-refractivity contribution in [1.29, 1.82) is 0 Å². The Bertz CT molecular complexity index is 1220. The molecule has 1 amide bonds. The number of halogens is 2. The Labute approximate surface area is 220 Å². The molecule has 1 fully saturated rings. The smallest absolute Gasteiger partial charge is 0.310 e. The van der Waals surface area contributed by atoms with Gasteiger partial charge in [-0.15, -0.1) is 0 Å². The standard InChI is InChI=1S/C26H29Cl2N5O3/c1-15(2)32-24-10-20(21(28)13-31-24)18-9-22(30-12-18)25(34)33-23(16-4-3-5-19(27)8-16)14-36-26(35)17-6-7-29-11-17/h3-5,8-10,12-13,15,17,23,29-30H,6-7,11,14H2,1-2H3,(H,31,32)(H,33,34)/t17-,23+/m0/s1. The van der Waals surface area contributed by atoms with Gasteiger partial charge in [0, 0.05) is 41.1 Å². The van der Waals surface area contributed by atoms with E-state index in [2.05, 4.69) is 25.9 Å². The summed E-state index contributed by atoms with van der Waals surface area (Å²) in [7, 11) is 0. The SMILES string of the molecule is CC(C)Nc1cc(-c2c[nH]c(C(=O)N[C@H](COC(=O)[C@H]3CCNC3)c3cccc(Cl)c3)c2)c(Cl)cn1. The van der Waals surface area contributed by atoms with Crippen LogP contribution in [0.5, 0.6) is 0 Å². The van der Waals surface area contributed by atoms with Crippen LogP contribution in [0.1, 0.15) is 42.4 Å². The van der Waals surface area contributed by atoms with Crippen molar-refractivity contribution in [3.8, 4) is 11.1 Å². The molecule has 4 rings (SSSR count). The van der Waals surface area contributed by atoms with E-state index in [-0.39, 0.29) is 30.4 Å². The number of aromatic nitrogens is 2. The maximum Gasteiger partial charge on any atom is 0.310 e. The van der Waals surface area contributed by atoms with Gasteiger partial charge in [-0.25, -0.2) is 4.98 Å². The van der Waals surface area contributed by atoms with E-state index in [9.17, 15) is 9.59 Å². The summed E-state index contributed by atoms with van der Waals surface area (Å²) in [5.74, 6) is -0.110. The Morgan fingerprint density at radius 1 is 1.22 bits per heavy atom. The summed E-state index contributed by atoms with van der Waals surface area (Å²) in [6.07, 6.45) is 4.04. The first-order valence-electron chi connectivity index (χ1n) is 11.8. The quantitative estimate of drug-likeness (QED) is 0.295. The van der Waals surface area contributed by atoms with Crippen LogP contribution < -0.4 is 16.0 Å². The Morgan fingerprint density at radius 3 is 2.78 bits per heavy atom. The van der Waals surface area contributed by atoms with Crippen LogP contribution >= 0.6 is 23.2 Å². The number of aromatic amines is 1. The minimum Gasteiger partial charge on any atom is -0.463 e. The highest BCUT2D eigenvalue weighted by atomic mass is 35.5. The van der Waals surface area contributed by atoms with Crippen molar-refractivity contribution in [2.75, 3.05) is 25.0 Å². The first-order valence-corrected chi connectivity index (χ1v) is 12.6. The number of benzene rings is 1. The molecule has 0 unspecified atom stereocenters. The van der Waals surface area contributed by atoms with E-state index < -0.39 is 6.04 Å². The Morgan fingerprint density at radius 2 is 2.06 bits per heavy atom. The second kappa shape index (κ2) is 11.8. The van der Waals surface area contributed by atoms with Crippen LogP contribution in [0.4, 0.5) is 5.82 Å². The molecule has 0 spiro atoms. The number of hydrogen-bond donors (Lipinski definition) is 4. The zero-order chi connectivity index (χ0) is 25.7. The minimum atomic E-state index is -0.576. The molecule has 2 aromatic heterocycles. The summed E-state index contributed by atoms with van der Waals surface area (Å²) >= 11 is 12.6. The lowest BCUT2D eigenvalue weighted by molar-refractivity contribution is -0.148. The number of anilines is 1. The van der Waals surface area contributed by atoms with Crippen LogP contribution in [0.25, 0.3) is 11.1 Å². The fraction of sp³-hybridized carbons (Fsp3) is 0.346. The number of hydrogen-bond acceptors (Lipinski definition) is 6. The lowest BCUT2D eigenvalue weighted by Gasteiger charge is -2.20. The number of amides is 1. The number of carbonyl (C=O) groups is 2. The fourth-order valence-corrected chi connectivity index (χ4v) is 4.45. The summed E-state index contributed by atoms with van der Waals surface area (Å²) in [6.45, 7) is 5.43. The number of nitrogens with zero attached hydrogens (tertiary/aromatic N) is 1. The van der Waals surface area contributed by atoms with E-state index in [0.29, 0.717) is 28.1 Å². The molecule has 3 heterocycles. The first kappa shape index (κ1) is 26.0. The van der Waals surface area contributed by atoms with Gasteiger partial charge in [0.2, 0.25) is 0 Å². The first-order chi connectivity index (χ1) is 17.3. The van der Waals surface area contributed by atoms with Gasteiger partial charge in [-0.2, -0.15) is 0 Å². The van der Waals surface area contributed by atoms with E-state index in [4.69, 9.17) is 27.9 Å². The maximum atomic E-state index is 13.2. The molecule has 10 heteroatoms. The number of pyridine rings is 1. The molecule has 8 nitrogen and oxygen atoms in total. The molecule has 0 aliphatic carbocycles. The number of rotatable bonds is 9. The van der Waals surface area contributed by atoms with E-state index >= 15 is 0 Å². The van der Waals surface area contributed by atoms with Gasteiger partial charge in [-0.05, 0) is 56.6 Å². The topological polar surface area (TPSA) is 108 Å². The third-order valence-electron chi connectivity index (χ3n) is 5.87. The van der Waals surface area contributed by atoms with Gasteiger partial charge in [0.1, 0.15) is 18.1 Å². The van der Waals surface area contributed by atoms with Crippen molar-refractivity contribution in [3.05, 3.63) is 70.1 Å².